The lowest BCUT2D eigenvalue weighted by atomic mass is 10.3. The quantitative estimate of drug-likeness (QED) is 0.528. The Morgan fingerprint density at radius 2 is 1.11 bits per heavy atom. The Balaban J connectivity index is 3.15. The molecule has 0 saturated carbocycles. The Hall–Kier alpha value is 0.620. The average Bonchev–Trinajstić information content (AvgIpc) is 2.34. The fraction of sp³-hybridized carbons (Fsp3) is 0.571. The molecule has 18 heavy (non-hydrogen) atoms. The van der Waals surface area contributed by atoms with Gasteiger partial charge >= 0.3 is 0 Å². The van der Waals surface area contributed by atoms with E-state index in [0.29, 0.717) is 0 Å². The fourth-order valence-corrected chi connectivity index (χ4v) is 5.49. The standard InChI is InChI=1S/C14H22S4/c1-5-15-11-9-12(16-6-2)14(18-8-4)13(10-11)17-7-3/h9-10H,5-8H2,1-4H3. The minimum absolute atomic E-state index is 1.15. The zero-order valence-corrected chi connectivity index (χ0v) is 14.9. The van der Waals surface area contributed by atoms with E-state index in [-0.39, 0.29) is 0 Å². The average molecular weight is 319 g/mol. The van der Waals surface area contributed by atoms with Crippen LogP contribution in [-0.4, -0.2) is 23.0 Å². The first-order valence-corrected chi connectivity index (χ1v) is 10.4. The maximum atomic E-state index is 2.38. The van der Waals surface area contributed by atoms with Gasteiger partial charge in [-0.15, -0.1) is 47.0 Å². The second-order valence-electron chi connectivity index (χ2n) is 3.48. The van der Waals surface area contributed by atoms with Crippen LogP contribution in [0.15, 0.2) is 31.7 Å². The molecule has 0 spiro atoms. The van der Waals surface area contributed by atoms with Crippen molar-refractivity contribution in [2.45, 2.75) is 47.3 Å². The first kappa shape index (κ1) is 16.7. The second-order valence-corrected chi connectivity index (χ2v) is 8.70. The molecule has 0 fully saturated rings. The maximum absolute atomic E-state index is 2.38. The van der Waals surface area contributed by atoms with Gasteiger partial charge in [-0.1, -0.05) is 27.7 Å². The Morgan fingerprint density at radius 1 is 0.667 bits per heavy atom. The highest BCUT2D eigenvalue weighted by atomic mass is 32.2. The van der Waals surface area contributed by atoms with Gasteiger partial charge < -0.3 is 0 Å². The minimum atomic E-state index is 1.15. The highest BCUT2D eigenvalue weighted by Crippen LogP contribution is 2.41. The number of rotatable bonds is 8. The summed E-state index contributed by atoms with van der Waals surface area (Å²) in [6, 6.07) is 4.75. The van der Waals surface area contributed by atoms with E-state index in [1.165, 1.54) is 19.6 Å². The lowest BCUT2D eigenvalue weighted by Crippen LogP contribution is -1.88. The lowest BCUT2D eigenvalue weighted by Gasteiger charge is -2.14. The summed E-state index contributed by atoms with van der Waals surface area (Å²) >= 11 is 7.88. The van der Waals surface area contributed by atoms with Crippen molar-refractivity contribution in [2.75, 3.05) is 23.0 Å². The fourth-order valence-electron chi connectivity index (χ4n) is 1.61. The van der Waals surface area contributed by atoms with Gasteiger partial charge in [0.05, 0.1) is 0 Å². The number of hydrogen-bond donors (Lipinski definition) is 0. The molecule has 0 amide bonds. The van der Waals surface area contributed by atoms with Crippen LogP contribution in [0.5, 0.6) is 0 Å². The lowest BCUT2D eigenvalue weighted by molar-refractivity contribution is 1.07. The van der Waals surface area contributed by atoms with Crippen LogP contribution >= 0.6 is 47.0 Å². The molecule has 1 rings (SSSR count). The van der Waals surface area contributed by atoms with E-state index in [4.69, 9.17) is 0 Å². The molecule has 0 atom stereocenters. The van der Waals surface area contributed by atoms with Crippen LogP contribution in [-0.2, 0) is 0 Å². The molecule has 1 aromatic rings. The predicted molar refractivity (Wildman–Crippen MR) is 92.0 cm³/mol. The van der Waals surface area contributed by atoms with Crippen LogP contribution in [0.2, 0.25) is 0 Å². The molecule has 0 aliphatic carbocycles. The smallest absolute Gasteiger partial charge is 0.0345 e. The molecule has 0 aliphatic rings. The van der Waals surface area contributed by atoms with Gasteiger partial charge in [0.1, 0.15) is 0 Å². The summed E-state index contributed by atoms with van der Waals surface area (Å²) in [5.74, 6) is 4.59. The molecule has 0 bridgehead atoms. The third-order valence-electron chi connectivity index (χ3n) is 2.19. The van der Waals surface area contributed by atoms with Crippen LogP contribution in [0.4, 0.5) is 0 Å². The van der Waals surface area contributed by atoms with Crippen molar-refractivity contribution in [1.29, 1.82) is 0 Å². The van der Waals surface area contributed by atoms with Gasteiger partial charge in [0.25, 0.3) is 0 Å². The summed E-state index contributed by atoms with van der Waals surface area (Å²) in [4.78, 5) is 5.86. The third-order valence-corrected chi connectivity index (χ3v) is 6.17. The molecular weight excluding hydrogens is 296 g/mol. The second kappa shape index (κ2) is 9.51. The van der Waals surface area contributed by atoms with Gasteiger partial charge in [-0.25, -0.2) is 0 Å². The molecule has 0 unspecified atom stereocenters. The van der Waals surface area contributed by atoms with E-state index in [1.54, 1.807) is 0 Å². The van der Waals surface area contributed by atoms with Gasteiger partial charge in [0.15, 0.2) is 0 Å². The Bertz CT molecular complexity index is 336. The number of hydrogen-bond acceptors (Lipinski definition) is 4. The summed E-state index contributed by atoms with van der Waals surface area (Å²) in [7, 11) is 0. The first-order valence-electron chi connectivity index (χ1n) is 6.45. The van der Waals surface area contributed by atoms with Crippen molar-refractivity contribution in [3.05, 3.63) is 12.1 Å². The van der Waals surface area contributed by atoms with Crippen molar-refractivity contribution in [3.8, 4) is 0 Å². The maximum Gasteiger partial charge on any atom is 0.0345 e. The largest absolute Gasteiger partial charge is 0.126 e. The van der Waals surface area contributed by atoms with Gasteiger partial charge in [-0.05, 0) is 35.1 Å². The van der Waals surface area contributed by atoms with Crippen LogP contribution in [0.1, 0.15) is 27.7 Å². The van der Waals surface area contributed by atoms with Crippen LogP contribution in [0, 0.1) is 0 Å². The monoisotopic (exact) mass is 318 g/mol. The summed E-state index contributed by atoms with van der Waals surface area (Å²) in [6.45, 7) is 8.92. The molecular formula is C14H22S4. The van der Waals surface area contributed by atoms with Crippen molar-refractivity contribution in [2.24, 2.45) is 0 Å². The summed E-state index contributed by atoms with van der Waals surface area (Å²) < 4.78 is 0. The van der Waals surface area contributed by atoms with Gasteiger partial charge in [0.2, 0.25) is 0 Å². The van der Waals surface area contributed by atoms with E-state index >= 15 is 0 Å². The van der Waals surface area contributed by atoms with E-state index in [9.17, 15) is 0 Å². The van der Waals surface area contributed by atoms with Crippen molar-refractivity contribution < 1.29 is 0 Å². The Morgan fingerprint density at radius 3 is 1.50 bits per heavy atom. The third kappa shape index (κ3) is 4.95. The Labute approximate surface area is 129 Å². The van der Waals surface area contributed by atoms with Gasteiger partial charge in [-0.3, -0.25) is 0 Å². The zero-order chi connectivity index (χ0) is 13.4. The van der Waals surface area contributed by atoms with E-state index < -0.39 is 0 Å². The molecule has 0 saturated heterocycles. The van der Waals surface area contributed by atoms with Crippen LogP contribution in [0.25, 0.3) is 0 Å². The number of benzene rings is 1. The Kier molecular flexibility index (Phi) is 8.81. The first-order chi connectivity index (χ1) is 8.76. The molecule has 0 heterocycles. The number of thioether (sulfide) groups is 4. The zero-order valence-electron chi connectivity index (χ0n) is 11.6. The van der Waals surface area contributed by atoms with Crippen molar-refractivity contribution >= 4 is 47.0 Å². The van der Waals surface area contributed by atoms with Gasteiger partial charge in [-0.2, -0.15) is 0 Å². The van der Waals surface area contributed by atoms with Crippen LogP contribution < -0.4 is 0 Å². The molecule has 0 aliphatic heterocycles. The molecule has 0 aromatic heterocycles. The van der Waals surface area contributed by atoms with Crippen molar-refractivity contribution in [3.63, 3.8) is 0 Å². The SMILES string of the molecule is CCSc1cc(SCC)c(SCC)c(SCC)c1. The molecule has 4 heteroatoms. The molecule has 0 nitrogen and oxygen atoms in total. The summed E-state index contributed by atoms with van der Waals surface area (Å²) in [5, 5.41) is 0. The summed E-state index contributed by atoms with van der Waals surface area (Å²) in [5.41, 5.74) is 0. The highest BCUT2D eigenvalue weighted by molar-refractivity contribution is 8.04. The minimum Gasteiger partial charge on any atom is -0.126 e. The topological polar surface area (TPSA) is 0 Å². The highest BCUT2D eigenvalue weighted by Gasteiger charge is 2.11. The van der Waals surface area contributed by atoms with Gasteiger partial charge in [0, 0.05) is 19.6 Å². The van der Waals surface area contributed by atoms with Crippen molar-refractivity contribution in [1.82, 2.24) is 0 Å². The van der Waals surface area contributed by atoms with E-state index in [2.05, 4.69) is 39.8 Å². The summed E-state index contributed by atoms with van der Waals surface area (Å²) in [6.07, 6.45) is 0. The molecule has 0 radical (unpaired) electrons. The van der Waals surface area contributed by atoms with E-state index in [1.807, 2.05) is 47.0 Å². The predicted octanol–water partition coefficient (Wildman–Crippen LogP) is 6.13. The van der Waals surface area contributed by atoms with Crippen LogP contribution in [0.3, 0.4) is 0 Å². The van der Waals surface area contributed by atoms with E-state index in [0.717, 1.165) is 23.0 Å². The molecule has 1 aromatic carbocycles. The molecule has 102 valence electrons. The normalized spacial score (nSPS) is 10.9. The molecule has 0 N–H and O–H groups in total.